The summed E-state index contributed by atoms with van der Waals surface area (Å²) >= 11 is 0. The lowest BCUT2D eigenvalue weighted by Gasteiger charge is -2.07. The lowest BCUT2D eigenvalue weighted by atomic mass is 10.2. The molecule has 0 spiro atoms. The second-order valence-electron chi connectivity index (χ2n) is 6.67. The van der Waals surface area contributed by atoms with Crippen molar-refractivity contribution < 1.29 is 14.3 Å². The molecule has 0 aliphatic heterocycles. The first-order valence-corrected chi connectivity index (χ1v) is 9.59. The van der Waals surface area contributed by atoms with Gasteiger partial charge < -0.3 is 9.47 Å². The van der Waals surface area contributed by atoms with Gasteiger partial charge in [0.15, 0.2) is 0 Å². The zero-order valence-electron chi connectivity index (χ0n) is 16.9. The van der Waals surface area contributed by atoms with Crippen LogP contribution in [0.5, 0.6) is 11.5 Å². The molecule has 0 aliphatic rings. The van der Waals surface area contributed by atoms with Crippen LogP contribution >= 0.6 is 0 Å². The lowest BCUT2D eigenvalue weighted by Crippen LogP contribution is -2.17. The molecule has 0 bridgehead atoms. The summed E-state index contributed by atoms with van der Waals surface area (Å²) < 4.78 is 11.2. The number of aryl methyl sites for hydroxylation is 1. The molecule has 3 aromatic carbocycles. The van der Waals surface area contributed by atoms with E-state index in [0.717, 1.165) is 16.9 Å². The number of carbonyl (C=O) groups is 1. The number of carbonyl (C=O) groups excluding carboxylic acids is 1. The van der Waals surface area contributed by atoms with E-state index >= 15 is 0 Å². The van der Waals surface area contributed by atoms with Crippen molar-refractivity contribution in [1.82, 2.24) is 5.43 Å². The van der Waals surface area contributed by atoms with Crippen LogP contribution in [-0.4, -0.2) is 18.7 Å². The van der Waals surface area contributed by atoms with E-state index in [4.69, 9.17) is 9.47 Å². The molecule has 0 radical (unpaired) electrons. The van der Waals surface area contributed by atoms with Crippen LogP contribution in [-0.2, 0) is 6.61 Å². The van der Waals surface area contributed by atoms with Crippen LogP contribution in [0.25, 0.3) is 0 Å². The standard InChI is InChI=1S/C25H24N2O3/c1-3-16-29-23-12-8-20(9-13-23)17-26-27-25(28)22-10-14-24(15-11-22)30-18-21-6-4-19(2)5-7-21/h3-15,17H,1,16,18H2,2H3,(H,27,28)/b26-17+. The molecule has 0 saturated heterocycles. The Bertz CT molecular complexity index is 992. The van der Waals surface area contributed by atoms with Crippen molar-refractivity contribution in [2.24, 2.45) is 5.10 Å². The van der Waals surface area contributed by atoms with Gasteiger partial charge in [-0.25, -0.2) is 5.43 Å². The molecule has 3 rings (SSSR count). The Balaban J connectivity index is 1.48. The van der Waals surface area contributed by atoms with Gasteiger partial charge in [0.25, 0.3) is 5.91 Å². The largest absolute Gasteiger partial charge is 0.490 e. The van der Waals surface area contributed by atoms with E-state index in [9.17, 15) is 4.79 Å². The van der Waals surface area contributed by atoms with Crippen LogP contribution in [0, 0.1) is 6.92 Å². The number of hydrogen-bond donors (Lipinski definition) is 1. The highest BCUT2D eigenvalue weighted by molar-refractivity contribution is 5.95. The Morgan fingerprint density at radius 1 is 0.933 bits per heavy atom. The molecule has 0 aliphatic carbocycles. The molecule has 152 valence electrons. The van der Waals surface area contributed by atoms with Crippen molar-refractivity contribution >= 4 is 12.1 Å². The van der Waals surface area contributed by atoms with E-state index in [0.29, 0.717) is 24.5 Å². The van der Waals surface area contributed by atoms with E-state index < -0.39 is 0 Å². The van der Waals surface area contributed by atoms with Crippen LogP contribution in [0.4, 0.5) is 0 Å². The van der Waals surface area contributed by atoms with E-state index in [-0.39, 0.29) is 5.91 Å². The third-order valence-electron chi connectivity index (χ3n) is 4.27. The minimum Gasteiger partial charge on any atom is -0.490 e. The summed E-state index contributed by atoms with van der Waals surface area (Å²) in [5, 5.41) is 4.00. The number of hydrogen-bond acceptors (Lipinski definition) is 4. The van der Waals surface area contributed by atoms with Gasteiger partial charge in [-0.3, -0.25) is 4.79 Å². The number of ether oxygens (including phenoxy) is 2. The van der Waals surface area contributed by atoms with Crippen LogP contribution in [0.2, 0.25) is 0 Å². The molecule has 0 saturated carbocycles. The summed E-state index contributed by atoms with van der Waals surface area (Å²) in [6, 6.07) is 22.5. The Labute approximate surface area is 176 Å². The third kappa shape index (κ3) is 6.34. The van der Waals surface area contributed by atoms with E-state index in [1.165, 1.54) is 5.56 Å². The minimum absolute atomic E-state index is 0.290. The van der Waals surface area contributed by atoms with Gasteiger partial charge in [-0.05, 0) is 66.6 Å². The lowest BCUT2D eigenvalue weighted by molar-refractivity contribution is 0.0955. The Morgan fingerprint density at radius 3 is 2.23 bits per heavy atom. The highest BCUT2D eigenvalue weighted by Gasteiger charge is 2.04. The van der Waals surface area contributed by atoms with Gasteiger partial charge in [0.1, 0.15) is 24.7 Å². The molecule has 1 N–H and O–H groups in total. The Kier molecular flexibility index (Phi) is 7.39. The fourth-order valence-corrected chi connectivity index (χ4v) is 2.59. The summed E-state index contributed by atoms with van der Waals surface area (Å²) in [7, 11) is 0. The monoisotopic (exact) mass is 400 g/mol. The average molecular weight is 400 g/mol. The zero-order valence-corrected chi connectivity index (χ0v) is 16.9. The van der Waals surface area contributed by atoms with E-state index in [1.807, 2.05) is 36.4 Å². The number of rotatable bonds is 9. The van der Waals surface area contributed by atoms with Gasteiger partial charge in [0.05, 0.1) is 6.21 Å². The summed E-state index contributed by atoms with van der Waals surface area (Å²) in [5.74, 6) is 1.16. The highest BCUT2D eigenvalue weighted by Crippen LogP contribution is 2.15. The topological polar surface area (TPSA) is 59.9 Å². The molecule has 0 fully saturated rings. The van der Waals surface area contributed by atoms with Gasteiger partial charge in [-0.2, -0.15) is 5.10 Å². The highest BCUT2D eigenvalue weighted by atomic mass is 16.5. The van der Waals surface area contributed by atoms with Crippen molar-refractivity contribution in [1.29, 1.82) is 0 Å². The number of hydrazone groups is 1. The predicted molar refractivity (Wildman–Crippen MR) is 119 cm³/mol. The summed E-state index contributed by atoms with van der Waals surface area (Å²) in [5.41, 5.74) is 6.18. The molecular formula is C25H24N2O3. The maximum atomic E-state index is 12.2. The van der Waals surface area contributed by atoms with Gasteiger partial charge in [-0.15, -0.1) is 0 Å². The van der Waals surface area contributed by atoms with Crippen molar-refractivity contribution in [3.8, 4) is 11.5 Å². The smallest absolute Gasteiger partial charge is 0.271 e. The van der Waals surface area contributed by atoms with Crippen LogP contribution in [0.3, 0.4) is 0 Å². The molecule has 0 atom stereocenters. The molecule has 3 aromatic rings. The Hall–Kier alpha value is -3.86. The van der Waals surface area contributed by atoms with Gasteiger partial charge in [-0.1, -0.05) is 42.5 Å². The number of amides is 1. The second kappa shape index (κ2) is 10.6. The van der Waals surface area contributed by atoms with Crippen molar-refractivity contribution in [3.05, 3.63) is 108 Å². The number of benzene rings is 3. The number of nitrogens with one attached hydrogen (secondary N) is 1. The maximum absolute atomic E-state index is 12.2. The quantitative estimate of drug-likeness (QED) is 0.316. The molecular weight excluding hydrogens is 376 g/mol. The van der Waals surface area contributed by atoms with Crippen molar-refractivity contribution in [3.63, 3.8) is 0 Å². The number of nitrogens with zero attached hydrogens (tertiary/aromatic N) is 1. The van der Waals surface area contributed by atoms with Crippen LogP contribution < -0.4 is 14.9 Å². The van der Waals surface area contributed by atoms with Crippen LogP contribution in [0.1, 0.15) is 27.0 Å². The fourth-order valence-electron chi connectivity index (χ4n) is 2.59. The first kappa shape index (κ1) is 20.9. The molecule has 1 amide bonds. The molecule has 0 heterocycles. The van der Waals surface area contributed by atoms with Gasteiger partial charge in [0.2, 0.25) is 0 Å². The molecule has 30 heavy (non-hydrogen) atoms. The van der Waals surface area contributed by atoms with Crippen molar-refractivity contribution in [2.75, 3.05) is 6.61 Å². The fraction of sp³-hybridized carbons (Fsp3) is 0.120. The summed E-state index contributed by atoms with van der Waals surface area (Å²) in [6.45, 7) is 6.60. The average Bonchev–Trinajstić information content (AvgIpc) is 2.78. The molecule has 0 unspecified atom stereocenters. The van der Waals surface area contributed by atoms with Crippen LogP contribution in [0.15, 0.2) is 90.6 Å². The summed E-state index contributed by atoms with van der Waals surface area (Å²) in [6.07, 6.45) is 3.27. The van der Waals surface area contributed by atoms with Gasteiger partial charge >= 0.3 is 0 Å². The first-order chi connectivity index (χ1) is 14.6. The van der Waals surface area contributed by atoms with E-state index in [2.05, 4.69) is 36.2 Å². The third-order valence-corrected chi connectivity index (χ3v) is 4.27. The molecule has 5 heteroatoms. The molecule has 5 nitrogen and oxygen atoms in total. The zero-order chi connectivity index (χ0) is 21.2. The molecule has 0 aromatic heterocycles. The maximum Gasteiger partial charge on any atom is 0.271 e. The SMILES string of the molecule is C=CCOc1ccc(/C=N/NC(=O)c2ccc(OCc3ccc(C)cc3)cc2)cc1. The summed E-state index contributed by atoms with van der Waals surface area (Å²) in [4.78, 5) is 12.2. The normalized spacial score (nSPS) is 10.6. The Morgan fingerprint density at radius 2 is 1.57 bits per heavy atom. The minimum atomic E-state index is -0.290. The van der Waals surface area contributed by atoms with E-state index in [1.54, 1.807) is 36.6 Å². The second-order valence-corrected chi connectivity index (χ2v) is 6.67. The van der Waals surface area contributed by atoms with Crippen molar-refractivity contribution in [2.45, 2.75) is 13.5 Å². The van der Waals surface area contributed by atoms with Gasteiger partial charge in [0, 0.05) is 5.56 Å². The predicted octanol–water partition coefficient (Wildman–Crippen LogP) is 4.90. The first-order valence-electron chi connectivity index (χ1n) is 9.59.